The lowest BCUT2D eigenvalue weighted by atomic mass is 10.1. The minimum Gasteiger partial charge on any atom is -0.469 e. The van der Waals surface area contributed by atoms with Crippen molar-refractivity contribution in [2.45, 2.75) is 25.8 Å². The van der Waals surface area contributed by atoms with Crippen LogP contribution in [-0.2, 0) is 17.7 Å². The van der Waals surface area contributed by atoms with E-state index in [9.17, 15) is 0 Å². The number of furan rings is 1. The topological polar surface area (TPSA) is 63.7 Å². The fourth-order valence-corrected chi connectivity index (χ4v) is 3.67. The number of hydrogen-bond donors (Lipinski definition) is 2. The maximum absolute atomic E-state index is 5.47. The van der Waals surface area contributed by atoms with E-state index < -0.39 is 0 Å². The second-order valence-corrected chi connectivity index (χ2v) is 7.52. The van der Waals surface area contributed by atoms with Gasteiger partial charge in [-0.25, -0.2) is 0 Å². The summed E-state index contributed by atoms with van der Waals surface area (Å²) < 4.78 is 13.2. The van der Waals surface area contributed by atoms with E-state index in [0.29, 0.717) is 5.92 Å². The van der Waals surface area contributed by atoms with Gasteiger partial charge in [-0.05, 0) is 42.5 Å². The molecular formula is C23H31IN4O2. The van der Waals surface area contributed by atoms with E-state index in [1.54, 1.807) is 6.26 Å². The smallest absolute Gasteiger partial charge is 0.191 e. The van der Waals surface area contributed by atoms with Gasteiger partial charge in [0.25, 0.3) is 0 Å². The number of rotatable bonds is 9. The fraction of sp³-hybridized carbons (Fsp3) is 0.435. The summed E-state index contributed by atoms with van der Waals surface area (Å²) >= 11 is 0. The van der Waals surface area contributed by atoms with E-state index in [-0.39, 0.29) is 24.0 Å². The largest absolute Gasteiger partial charge is 0.469 e. The van der Waals surface area contributed by atoms with Crippen LogP contribution in [0, 0.1) is 5.92 Å². The average Bonchev–Trinajstić information content (AvgIpc) is 3.51. The van der Waals surface area contributed by atoms with Crippen molar-refractivity contribution >= 4 is 40.8 Å². The summed E-state index contributed by atoms with van der Waals surface area (Å²) in [6.07, 6.45) is 6.86. The second-order valence-electron chi connectivity index (χ2n) is 7.52. The minimum absolute atomic E-state index is 0. The molecule has 0 amide bonds. The number of guanidine groups is 1. The second kappa shape index (κ2) is 12.0. The molecule has 4 rings (SSSR count). The van der Waals surface area contributed by atoms with Crippen LogP contribution in [0.2, 0.25) is 0 Å². The highest BCUT2D eigenvalue weighted by molar-refractivity contribution is 14.0. The quantitative estimate of drug-likeness (QED) is 0.193. The summed E-state index contributed by atoms with van der Waals surface area (Å²) in [5.41, 5.74) is 1.29. The third kappa shape index (κ3) is 6.50. The molecule has 1 aliphatic heterocycles. The molecule has 0 bridgehead atoms. The molecule has 3 aromatic rings. The predicted molar refractivity (Wildman–Crippen MR) is 132 cm³/mol. The SMILES string of the molecule is I.c1coc(CCNC(=NCC2CCOC2)NCCCn2ccc3ccccc32)c1. The molecule has 1 aromatic carbocycles. The zero-order chi connectivity index (χ0) is 19.7. The molecule has 1 fully saturated rings. The molecule has 162 valence electrons. The van der Waals surface area contributed by atoms with Crippen LogP contribution >= 0.6 is 24.0 Å². The number of fused-ring (bicyclic) bond motifs is 1. The van der Waals surface area contributed by atoms with E-state index in [2.05, 4.69) is 51.7 Å². The highest BCUT2D eigenvalue weighted by Crippen LogP contribution is 2.15. The van der Waals surface area contributed by atoms with Gasteiger partial charge in [0.1, 0.15) is 5.76 Å². The number of aliphatic imine (C=N–C) groups is 1. The molecule has 1 atom stereocenters. The molecule has 1 aliphatic rings. The molecule has 0 aliphatic carbocycles. The first-order valence-electron chi connectivity index (χ1n) is 10.5. The number of aryl methyl sites for hydroxylation is 1. The number of hydrogen-bond acceptors (Lipinski definition) is 3. The molecule has 1 unspecified atom stereocenters. The van der Waals surface area contributed by atoms with Gasteiger partial charge in [-0.15, -0.1) is 24.0 Å². The predicted octanol–water partition coefficient (Wildman–Crippen LogP) is 4.06. The Bertz CT molecular complexity index is 901. The van der Waals surface area contributed by atoms with Gasteiger partial charge in [0.05, 0.1) is 12.9 Å². The number of halogens is 1. The fourth-order valence-electron chi connectivity index (χ4n) is 3.67. The summed E-state index contributed by atoms with van der Waals surface area (Å²) in [4.78, 5) is 4.79. The molecular weight excluding hydrogens is 491 g/mol. The van der Waals surface area contributed by atoms with E-state index in [4.69, 9.17) is 14.1 Å². The minimum atomic E-state index is 0. The molecule has 3 heterocycles. The molecule has 2 N–H and O–H groups in total. The van der Waals surface area contributed by atoms with Gasteiger partial charge in [-0.1, -0.05) is 18.2 Å². The Morgan fingerprint density at radius 3 is 2.83 bits per heavy atom. The van der Waals surface area contributed by atoms with Gasteiger partial charge in [0.15, 0.2) is 5.96 Å². The van der Waals surface area contributed by atoms with Crippen molar-refractivity contribution < 1.29 is 9.15 Å². The number of ether oxygens (including phenoxy) is 1. The summed E-state index contributed by atoms with van der Waals surface area (Å²) in [6, 6.07) is 14.6. The van der Waals surface area contributed by atoms with Crippen LogP contribution in [0.15, 0.2) is 64.3 Å². The van der Waals surface area contributed by atoms with Crippen LogP contribution in [-0.4, -0.2) is 43.4 Å². The highest BCUT2D eigenvalue weighted by atomic mass is 127. The Hall–Kier alpha value is -2.00. The van der Waals surface area contributed by atoms with Gasteiger partial charge in [0.2, 0.25) is 0 Å². The third-order valence-corrected chi connectivity index (χ3v) is 5.32. The van der Waals surface area contributed by atoms with Crippen molar-refractivity contribution in [2.24, 2.45) is 10.9 Å². The van der Waals surface area contributed by atoms with Crippen LogP contribution in [0.5, 0.6) is 0 Å². The lowest BCUT2D eigenvalue weighted by molar-refractivity contribution is 0.187. The molecule has 7 heteroatoms. The van der Waals surface area contributed by atoms with Crippen molar-refractivity contribution in [3.05, 3.63) is 60.7 Å². The Balaban J connectivity index is 0.00000256. The van der Waals surface area contributed by atoms with E-state index in [1.807, 2.05) is 12.1 Å². The van der Waals surface area contributed by atoms with Crippen molar-refractivity contribution in [3.63, 3.8) is 0 Å². The van der Waals surface area contributed by atoms with Crippen LogP contribution < -0.4 is 10.6 Å². The Morgan fingerprint density at radius 2 is 2.00 bits per heavy atom. The molecule has 0 saturated carbocycles. The van der Waals surface area contributed by atoms with Gasteiger partial charge in [-0.2, -0.15) is 0 Å². The standard InChI is InChI=1S/C23H30N4O2.HI/c1-2-7-22-20(5-1)9-14-27(22)13-4-11-24-23(26-17-19-10-16-28-18-19)25-12-8-21-6-3-15-29-21;/h1-3,5-7,9,14-15,19H,4,8,10-13,16-18H2,(H2,24,25,26);1H. The number of nitrogens with zero attached hydrogens (tertiary/aromatic N) is 2. The third-order valence-electron chi connectivity index (χ3n) is 5.32. The first-order chi connectivity index (χ1) is 14.4. The van der Waals surface area contributed by atoms with Crippen LogP contribution in [0.4, 0.5) is 0 Å². The Labute approximate surface area is 195 Å². The maximum atomic E-state index is 5.47. The van der Waals surface area contributed by atoms with Gasteiger partial charge < -0.3 is 24.4 Å². The van der Waals surface area contributed by atoms with Gasteiger partial charge >= 0.3 is 0 Å². The summed E-state index contributed by atoms with van der Waals surface area (Å²) in [5, 5.41) is 8.22. The average molecular weight is 522 g/mol. The Kier molecular flexibility index (Phi) is 9.07. The van der Waals surface area contributed by atoms with Crippen molar-refractivity contribution in [2.75, 3.05) is 32.8 Å². The van der Waals surface area contributed by atoms with Crippen molar-refractivity contribution in [3.8, 4) is 0 Å². The van der Waals surface area contributed by atoms with E-state index in [1.165, 1.54) is 10.9 Å². The molecule has 2 aromatic heterocycles. The molecule has 1 saturated heterocycles. The summed E-state index contributed by atoms with van der Waals surface area (Å²) in [5.74, 6) is 2.39. The van der Waals surface area contributed by atoms with Gasteiger partial charge in [-0.3, -0.25) is 4.99 Å². The zero-order valence-corrected chi connectivity index (χ0v) is 19.6. The number of nitrogens with one attached hydrogen (secondary N) is 2. The van der Waals surface area contributed by atoms with Crippen LogP contribution in [0.1, 0.15) is 18.6 Å². The zero-order valence-electron chi connectivity index (χ0n) is 17.3. The normalized spacial score (nSPS) is 16.5. The maximum Gasteiger partial charge on any atom is 0.191 e. The van der Waals surface area contributed by atoms with Crippen molar-refractivity contribution in [1.29, 1.82) is 0 Å². The molecule has 30 heavy (non-hydrogen) atoms. The number of para-hydroxylation sites is 1. The number of benzene rings is 1. The molecule has 0 spiro atoms. The first-order valence-corrected chi connectivity index (χ1v) is 10.5. The Morgan fingerprint density at radius 1 is 1.10 bits per heavy atom. The summed E-state index contributed by atoms with van der Waals surface area (Å²) in [6.45, 7) is 5.14. The molecule has 6 nitrogen and oxygen atoms in total. The highest BCUT2D eigenvalue weighted by Gasteiger charge is 2.15. The van der Waals surface area contributed by atoms with Gasteiger partial charge in [0, 0.05) is 56.8 Å². The number of aromatic nitrogens is 1. The van der Waals surface area contributed by atoms with E-state index in [0.717, 1.165) is 70.4 Å². The summed E-state index contributed by atoms with van der Waals surface area (Å²) in [7, 11) is 0. The van der Waals surface area contributed by atoms with Crippen LogP contribution in [0.25, 0.3) is 10.9 Å². The molecule has 0 radical (unpaired) electrons. The lowest BCUT2D eigenvalue weighted by Crippen LogP contribution is -2.39. The van der Waals surface area contributed by atoms with E-state index >= 15 is 0 Å². The van der Waals surface area contributed by atoms with Crippen LogP contribution in [0.3, 0.4) is 0 Å². The first kappa shape index (κ1) is 22.7. The monoisotopic (exact) mass is 522 g/mol. The lowest BCUT2D eigenvalue weighted by Gasteiger charge is -2.14. The van der Waals surface area contributed by atoms with Crippen molar-refractivity contribution in [1.82, 2.24) is 15.2 Å².